The normalized spacial score (nSPS) is 10.3. The molecule has 0 aromatic rings. The van der Waals surface area contributed by atoms with Crippen molar-refractivity contribution in [3.63, 3.8) is 0 Å². The van der Waals surface area contributed by atoms with E-state index in [1.807, 2.05) is 6.92 Å². The summed E-state index contributed by atoms with van der Waals surface area (Å²) >= 11 is 0. The fourth-order valence-corrected chi connectivity index (χ4v) is 0.0707. The Bertz CT molecular complexity index is 62.7. The first kappa shape index (κ1) is 9.84. The quantitative estimate of drug-likeness (QED) is 0.220. The van der Waals surface area contributed by atoms with Crippen LogP contribution in [0.15, 0.2) is 5.16 Å². The highest BCUT2D eigenvalue weighted by atomic mass is 28.1. The second kappa shape index (κ2) is 5.69. The average molecular weight is 119 g/mol. The van der Waals surface area contributed by atoms with E-state index in [9.17, 15) is 0 Å². The molecule has 3 heteroatoms. The van der Waals surface area contributed by atoms with E-state index in [2.05, 4.69) is 5.16 Å². The molecule has 0 aliphatic rings. The maximum atomic E-state index is 7.92. The number of oxime groups is 1. The molecular weight excluding hydrogens is 106 g/mol. The van der Waals surface area contributed by atoms with Gasteiger partial charge >= 0.3 is 0 Å². The minimum Gasteiger partial charge on any atom is -0.411 e. The lowest BCUT2D eigenvalue weighted by atomic mass is 10.3. The second-order valence-corrected chi connectivity index (χ2v) is 1.19. The van der Waals surface area contributed by atoms with E-state index in [1.165, 1.54) is 0 Å². The van der Waals surface area contributed by atoms with Crippen LogP contribution >= 0.6 is 0 Å². The Morgan fingerprint density at radius 2 is 2.14 bits per heavy atom. The van der Waals surface area contributed by atoms with Crippen molar-refractivity contribution < 1.29 is 5.21 Å². The van der Waals surface area contributed by atoms with E-state index in [0.29, 0.717) is 0 Å². The average Bonchev–Trinajstić information content (AvgIpc) is 1.65. The van der Waals surface area contributed by atoms with Crippen LogP contribution < -0.4 is 0 Å². The Morgan fingerprint density at radius 1 is 1.71 bits per heavy atom. The monoisotopic (exact) mass is 119 g/mol. The van der Waals surface area contributed by atoms with Gasteiger partial charge in [-0.25, -0.2) is 0 Å². The largest absolute Gasteiger partial charge is 0.411 e. The molecule has 0 aliphatic carbocycles. The summed E-state index contributed by atoms with van der Waals surface area (Å²) in [6.07, 6.45) is 0.830. The van der Waals surface area contributed by atoms with Crippen LogP contribution in [0.5, 0.6) is 0 Å². The lowest BCUT2D eigenvalue weighted by Crippen LogP contribution is -1.83. The van der Waals surface area contributed by atoms with Crippen molar-refractivity contribution in [3.05, 3.63) is 0 Å². The summed E-state index contributed by atoms with van der Waals surface area (Å²) in [5.74, 6) is 0. The van der Waals surface area contributed by atoms with Gasteiger partial charge in [0.15, 0.2) is 0 Å². The van der Waals surface area contributed by atoms with Crippen LogP contribution in [-0.4, -0.2) is 21.9 Å². The highest BCUT2D eigenvalue weighted by Gasteiger charge is 1.77. The van der Waals surface area contributed by atoms with E-state index in [0.717, 1.165) is 12.1 Å². The smallest absolute Gasteiger partial charge is 0.0537 e. The van der Waals surface area contributed by atoms with Crippen molar-refractivity contribution in [2.24, 2.45) is 5.16 Å². The molecule has 0 atom stereocenters. The molecule has 1 N–H and O–H groups in total. The molecule has 0 spiro atoms. The molecule has 0 bridgehead atoms. The summed E-state index contributed by atoms with van der Waals surface area (Å²) in [4.78, 5) is 0. The van der Waals surface area contributed by atoms with Gasteiger partial charge in [-0.2, -0.15) is 0 Å². The molecular formula is C4H13NOSi. The first-order valence-electron chi connectivity index (χ1n) is 1.98. The molecule has 0 aliphatic heterocycles. The molecule has 0 aromatic carbocycles. The molecule has 2 nitrogen and oxygen atoms in total. The first-order chi connectivity index (χ1) is 2.81. The van der Waals surface area contributed by atoms with Gasteiger partial charge in [0.1, 0.15) is 0 Å². The minimum absolute atomic E-state index is 0. The van der Waals surface area contributed by atoms with Crippen LogP contribution in [0, 0.1) is 0 Å². The van der Waals surface area contributed by atoms with Gasteiger partial charge in [0, 0.05) is 0 Å². The van der Waals surface area contributed by atoms with Gasteiger partial charge in [-0.1, -0.05) is 12.1 Å². The summed E-state index contributed by atoms with van der Waals surface area (Å²) in [5.41, 5.74) is 0.773. The maximum absolute atomic E-state index is 7.92. The van der Waals surface area contributed by atoms with Crippen molar-refractivity contribution in [1.82, 2.24) is 0 Å². The topological polar surface area (TPSA) is 32.6 Å². The number of hydrogen-bond donors (Lipinski definition) is 1. The fourth-order valence-electron chi connectivity index (χ4n) is 0.0707. The van der Waals surface area contributed by atoms with E-state index in [-0.39, 0.29) is 11.0 Å². The van der Waals surface area contributed by atoms with E-state index in [1.54, 1.807) is 6.92 Å². The summed E-state index contributed by atoms with van der Waals surface area (Å²) in [6.45, 7) is 3.72. The van der Waals surface area contributed by atoms with Crippen molar-refractivity contribution in [3.8, 4) is 0 Å². The zero-order chi connectivity index (χ0) is 4.99. The molecule has 44 valence electrons. The van der Waals surface area contributed by atoms with E-state index in [4.69, 9.17) is 5.21 Å². The van der Waals surface area contributed by atoms with Crippen molar-refractivity contribution in [2.45, 2.75) is 20.3 Å². The van der Waals surface area contributed by atoms with Gasteiger partial charge in [-0.3, -0.25) is 0 Å². The molecule has 0 amide bonds. The van der Waals surface area contributed by atoms with Gasteiger partial charge in [0.25, 0.3) is 0 Å². The standard InChI is InChI=1S/C4H9NO.H4Si/c1-3-4(2)5-6;/h6H,3H2,1-2H3;1H4/b5-4-;. The molecule has 0 unspecified atom stereocenters. The number of rotatable bonds is 1. The van der Waals surface area contributed by atoms with E-state index >= 15 is 0 Å². The Labute approximate surface area is 48.3 Å². The van der Waals surface area contributed by atoms with Gasteiger partial charge in [-0.05, 0) is 24.3 Å². The lowest BCUT2D eigenvalue weighted by molar-refractivity contribution is 0.317. The third-order valence-electron chi connectivity index (χ3n) is 0.682. The molecule has 0 saturated carbocycles. The SMILES string of the molecule is CC/C(C)=N\O.[SiH4]. The Hall–Kier alpha value is -0.313. The zero-order valence-corrected chi connectivity index (χ0v) is 4.10. The number of nitrogens with zero attached hydrogens (tertiary/aromatic N) is 1. The third kappa shape index (κ3) is 5.69. The molecule has 0 fully saturated rings. The first-order valence-corrected chi connectivity index (χ1v) is 1.98. The molecule has 0 saturated heterocycles. The Morgan fingerprint density at radius 3 is 2.14 bits per heavy atom. The predicted octanol–water partition coefficient (Wildman–Crippen LogP) is -0.205. The van der Waals surface area contributed by atoms with Gasteiger partial charge < -0.3 is 5.21 Å². The van der Waals surface area contributed by atoms with Gasteiger partial charge in [-0.15, -0.1) is 0 Å². The predicted molar refractivity (Wildman–Crippen MR) is 36.5 cm³/mol. The van der Waals surface area contributed by atoms with Gasteiger partial charge in [0.05, 0.1) is 5.71 Å². The zero-order valence-electron chi connectivity index (χ0n) is 4.10. The van der Waals surface area contributed by atoms with Crippen molar-refractivity contribution >= 4 is 16.7 Å². The van der Waals surface area contributed by atoms with Crippen molar-refractivity contribution in [2.75, 3.05) is 0 Å². The fraction of sp³-hybridized carbons (Fsp3) is 0.750. The highest BCUT2D eigenvalue weighted by Crippen LogP contribution is 1.78. The van der Waals surface area contributed by atoms with Crippen LogP contribution in [0.3, 0.4) is 0 Å². The van der Waals surface area contributed by atoms with Crippen LogP contribution in [0.2, 0.25) is 0 Å². The summed E-state index contributed by atoms with van der Waals surface area (Å²) in [6, 6.07) is 0. The Kier molecular flexibility index (Phi) is 8.00. The van der Waals surface area contributed by atoms with Gasteiger partial charge in [0.2, 0.25) is 0 Å². The molecule has 0 radical (unpaired) electrons. The van der Waals surface area contributed by atoms with Crippen molar-refractivity contribution in [1.29, 1.82) is 0 Å². The second-order valence-electron chi connectivity index (χ2n) is 1.19. The lowest BCUT2D eigenvalue weighted by Gasteiger charge is -1.81. The molecule has 0 rings (SSSR count). The molecule has 7 heavy (non-hydrogen) atoms. The minimum atomic E-state index is 0. The highest BCUT2D eigenvalue weighted by molar-refractivity contribution is 5.80. The maximum Gasteiger partial charge on any atom is 0.0537 e. The molecule has 0 aromatic heterocycles. The summed E-state index contributed by atoms with van der Waals surface area (Å²) in [5, 5.41) is 10.8. The summed E-state index contributed by atoms with van der Waals surface area (Å²) in [7, 11) is 0. The van der Waals surface area contributed by atoms with Crippen LogP contribution in [0.25, 0.3) is 0 Å². The van der Waals surface area contributed by atoms with Crippen LogP contribution in [-0.2, 0) is 0 Å². The third-order valence-corrected chi connectivity index (χ3v) is 0.682. The Balaban J connectivity index is 0. The summed E-state index contributed by atoms with van der Waals surface area (Å²) < 4.78 is 0. The van der Waals surface area contributed by atoms with Crippen LogP contribution in [0.4, 0.5) is 0 Å². The van der Waals surface area contributed by atoms with Crippen LogP contribution in [0.1, 0.15) is 20.3 Å². The molecule has 0 heterocycles. The number of hydrogen-bond acceptors (Lipinski definition) is 2. The van der Waals surface area contributed by atoms with E-state index < -0.39 is 0 Å².